The molecular formula is C10H17N3O2. The average molecular weight is 211 g/mol. The van der Waals surface area contributed by atoms with E-state index in [-0.39, 0.29) is 11.3 Å². The number of carbonyl (C=O) groups is 1. The zero-order chi connectivity index (χ0) is 11.5. The van der Waals surface area contributed by atoms with E-state index in [0.717, 1.165) is 0 Å². The molecule has 0 bridgehead atoms. The zero-order valence-electron chi connectivity index (χ0n) is 9.36. The predicted octanol–water partition coefficient (Wildman–Crippen LogP) is 0.731. The van der Waals surface area contributed by atoms with Crippen molar-refractivity contribution in [2.24, 2.45) is 11.1 Å². The second kappa shape index (κ2) is 4.44. The monoisotopic (exact) mass is 211 g/mol. The number of nitrogens with two attached hydrogens (primary N) is 1. The van der Waals surface area contributed by atoms with Gasteiger partial charge in [-0.1, -0.05) is 19.0 Å². The SMILES string of the molecule is CN(CC(C)(C)CN)C(=O)c1ccon1. The van der Waals surface area contributed by atoms with Gasteiger partial charge in [-0.05, 0) is 12.0 Å². The second-order valence-electron chi connectivity index (χ2n) is 4.41. The Hall–Kier alpha value is -1.36. The maximum Gasteiger partial charge on any atom is 0.275 e. The van der Waals surface area contributed by atoms with E-state index in [1.165, 1.54) is 6.26 Å². The lowest BCUT2D eigenvalue weighted by Crippen LogP contribution is -2.39. The standard InChI is InChI=1S/C10H17N3O2/c1-10(2,6-11)7-13(3)9(14)8-4-5-15-12-8/h4-5H,6-7,11H2,1-3H3. The molecule has 2 N–H and O–H groups in total. The minimum atomic E-state index is -0.148. The molecule has 1 rings (SSSR count). The predicted molar refractivity (Wildman–Crippen MR) is 56.3 cm³/mol. The van der Waals surface area contributed by atoms with Crippen molar-refractivity contribution in [3.63, 3.8) is 0 Å². The molecule has 1 heterocycles. The third kappa shape index (κ3) is 3.06. The fourth-order valence-electron chi connectivity index (χ4n) is 1.30. The molecule has 0 aliphatic rings. The summed E-state index contributed by atoms with van der Waals surface area (Å²) in [5.41, 5.74) is 5.84. The Kier molecular flexibility index (Phi) is 3.47. The van der Waals surface area contributed by atoms with Crippen LogP contribution in [0.5, 0.6) is 0 Å². The van der Waals surface area contributed by atoms with Gasteiger partial charge in [0.1, 0.15) is 6.26 Å². The maximum absolute atomic E-state index is 11.8. The van der Waals surface area contributed by atoms with Gasteiger partial charge in [0.05, 0.1) is 0 Å². The third-order valence-corrected chi connectivity index (χ3v) is 2.22. The van der Waals surface area contributed by atoms with E-state index < -0.39 is 0 Å². The number of hydrogen-bond donors (Lipinski definition) is 1. The molecule has 1 amide bonds. The summed E-state index contributed by atoms with van der Waals surface area (Å²) in [6.07, 6.45) is 1.38. The van der Waals surface area contributed by atoms with Gasteiger partial charge in [0.15, 0.2) is 5.69 Å². The van der Waals surface area contributed by atoms with Crippen molar-refractivity contribution >= 4 is 5.91 Å². The Morgan fingerprint density at radius 2 is 2.33 bits per heavy atom. The van der Waals surface area contributed by atoms with Gasteiger partial charge in [0, 0.05) is 19.7 Å². The summed E-state index contributed by atoms with van der Waals surface area (Å²) in [6.45, 7) is 5.15. The van der Waals surface area contributed by atoms with Crippen molar-refractivity contribution in [2.75, 3.05) is 20.1 Å². The first-order valence-corrected chi connectivity index (χ1v) is 4.82. The highest BCUT2D eigenvalue weighted by Gasteiger charge is 2.22. The molecular weight excluding hydrogens is 194 g/mol. The first-order valence-electron chi connectivity index (χ1n) is 4.82. The number of hydrogen-bond acceptors (Lipinski definition) is 4. The van der Waals surface area contributed by atoms with E-state index in [1.54, 1.807) is 18.0 Å². The number of nitrogens with zero attached hydrogens (tertiary/aromatic N) is 2. The lowest BCUT2D eigenvalue weighted by Gasteiger charge is -2.28. The summed E-state index contributed by atoms with van der Waals surface area (Å²) in [6, 6.07) is 1.55. The van der Waals surface area contributed by atoms with E-state index in [4.69, 9.17) is 5.73 Å². The highest BCUT2D eigenvalue weighted by Crippen LogP contribution is 2.15. The lowest BCUT2D eigenvalue weighted by molar-refractivity contribution is 0.0730. The maximum atomic E-state index is 11.8. The molecule has 0 unspecified atom stereocenters. The van der Waals surface area contributed by atoms with Gasteiger partial charge < -0.3 is 15.2 Å². The summed E-state index contributed by atoms with van der Waals surface area (Å²) in [4.78, 5) is 13.4. The first-order chi connectivity index (χ1) is 6.96. The van der Waals surface area contributed by atoms with Crippen molar-refractivity contribution in [3.8, 4) is 0 Å². The topological polar surface area (TPSA) is 72.4 Å². The van der Waals surface area contributed by atoms with Crippen LogP contribution in [0.1, 0.15) is 24.3 Å². The van der Waals surface area contributed by atoms with Crippen LogP contribution in [0.2, 0.25) is 0 Å². The molecule has 0 aliphatic heterocycles. The Balaban J connectivity index is 2.62. The van der Waals surface area contributed by atoms with Crippen LogP contribution in [-0.2, 0) is 0 Å². The van der Waals surface area contributed by atoms with Crippen molar-refractivity contribution in [2.45, 2.75) is 13.8 Å². The van der Waals surface area contributed by atoms with Gasteiger partial charge in [-0.2, -0.15) is 0 Å². The molecule has 0 atom stereocenters. The van der Waals surface area contributed by atoms with Gasteiger partial charge in [0.2, 0.25) is 0 Å². The molecule has 15 heavy (non-hydrogen) atoms. The second-order valence-corrected chi connectivity index (χ2v) is 4.41. The van der Waals surface area contributed by atoms with Crippen LogP contribution in [0, 0.1) is 5.41 Å². The van der Waals surface area contributed by atoms with Crippen LogP contribution in [0.3, 0.4) is 0 Å². The van der Waals surface area contributed by atoms with Crippen molar-refractivity contribution in [3.05, 3.63) is 18.0 Å². The molecule has 5 nitrogen and oxygen atoms in total. The smallest absolute Gasteiger partial charge is 0.275 e. The minimum absolute atomic E-state index is 0.0891. The number of carbonyl (C=O) groups excluding carboxylic acids is 1. The Morgan fingerprint density at radius 3 is 2.80 bits per heavy atom. The quantitative estimate of drug-likeness (QED) is 0.797. The van der Waals surface area contributed by atoms with Crippen LogP contribution in [0.4, 0.5) is 0 Å². The third-order valence-electron chi connectivity index (χ3n) is 2.22. The first kappa shape index (κ1) is 11.7. The Morgan fingerprint density at radius 1 is 1.67 bits per heavy atom. The summed E-state index contributed by atoms with van der Waals surface area (Å²) in [5, 5.41) is 3.60. The van der Waals surface area contributed by atoms with Crippen LogP contribution < -0.4 is 5.73 Å². The molecule has 0 saturated carbocycles. The molecule has 84 valence electrons. The molecule has 0 aliphatic carbocycles. The Bertz CT molecular complexity index is 319. The van der Waals surface area contributed by atoms with Crippen LogP contribution >= 0.6 is 0 Å². The van der Waals surface area contributed by atoms with E-state index in [9.17, 15) is 4.79 Å². The molecule has 5 heteroatoms. The zero-order valence-corrected chi connectivity index (χ0v) is 9.36. The molecule has 0 aromatic carbocycles. The van der Waals surface area contributed by atoms with E-state index in [1.807, 2.05) is 13.8 Å². The summed E-state index contributed by atoms with van der Waals surface area (Å²) in [7, 11) is 1.73. The minimum Gasteiger partial charge on any atom is -0.364 e. The van der Waals surface area contributed by atoms with Gasteiger partial charge in [0.25, 0.3) is 5.91 Å². The average Bonchev–Trinajstić information content (AvgIpc) is 2.68. The van der Waals surface area contributed by atoms with Crippen molar-refractivity contribution < 1.29 is 9.32 Å². The fourth-order valence-corrected chi connectivity index (χ4v) is 1.30. The van der Waals surface area contributed by atoms with Crippen LogP contribution in [0.25, 0.3) is 0 Å². The van der Waals surface area contributed by atoms with Gasteiger partial charge in [-0.25, -0.2) is 0 Å². The number of rotatable bonds is 4. The van der Waals surface area contributed by atoms with Crippen LogP contribution in [0.15, 0.2) is 16.9 Å². The molecule has 1 aromatic rings. The Labute approximate surface area is 89.2 Å². The van der Waals surface area contributed by atoms with Gasteiger partial charge in [-0.15, -0.1) is 0 Å². The van der Waals surface area contributed by atoms with E-state index in [0.29, 0.717) is 18.8 Å². The van der Waals surface area contributed by atoms with E-state index in [2.05, 4.69) is 9.68 Å². The molecule has 1 aromatic heterocycles. The molecule has 0 radical (unpaired) electrons. The number of aromatic nitrogens is 1. The summed E-state index contributed by atoms with van der Waals surface area (Å²) in [5.74, 6) is -0.148. The fraction of sp³-hybridized carbons (Fsp3) is 0.600. The van der Waals surface area contributed by atoms with Crippen molar-refractivity contribution in [1.29, 1.82) is 0 Å². The normalized spacial score (nSPS) is 11.5. The summed E-state index contributed by atoms with van der Waals surface area (Å²) >= 11 is 0. The van der Waals surface area contributed by atoms with Gasteiger partial charge in [-0.3, -0.25) is 4.79 Å². The number of amides is 1. The highest BCUT2D eigenvalue weighted by molar-refractivity contribution is 5.91. The van der Waals surface area contributed by atoms with Gasteiger partial charge >= 0.3 is 0 Å². The highest BCUT2D eigenvalue weighted by atomic mass is 16.5. The van der Waals surface area contributed by atoms with Crippen molar-refractivity contribution in [1.82, 2.24) is 10.1 Å². The molecule has 0 fully saturated rings. The lowest BCUT2D eigenvalue weighted by atomic mass is 9.93. The van der Waals surface area contributed by atoms with E-state index >= 15 is 0 Å². The molecule has 0 saturated heterocycles. The summed E-state index contributed by atoms with van der Waals surface area (Å²) < 4.78 is 4.62. The molecule has 0 spiro atoms. The van der Waals surface area contributed by atoms with Crippen LogP contribution in [-0.4, -0.2) is 36.1 Å². The largest absolute Gasteiger partial charge is 0.364 e.